The second-order valence-corrected chi connectivity index (χ2v) is 6.84. The molecule has 1 aliphatic heterocycles. The Hall–Kier alpha value is -1.29. The first kappa shape index (κ1) is 15.1. The van der Waals surface area contributed by atoms with E-state index in [-0.39, 0.29) is 16.9 Å². The predicted molar refractivity (Wildman–Crippen MR) is 83.6 cm³/mol. The summed E-state index contributed by atoms with van der Waals surface area (Å²) in [5.74, 6) is 0.669. The summed E-state index contributed by atoms with van der Waals surface area (Å²) >= 11 is 1.58. The molecule has 0 fully saturated rings. The van der Waals surface area contributed by atoms with Gasteiger partial charge in [-0.15, -0.1) is 11.8 Å². The van der Waals surface area contributed by atoms with E-state index in [0.29, 0.717) is 11.5 Å². The Morgan fingerprint density at radius 2 is 2.10 bits per heavy atom. The van der Waals surface area contributed by atoms with Gasteiger partial charge < -0.3 is 4.90 Å². The molecule has 0 aliphatic carbocycles. The number of hydrogen-bond acceptors (Lipinski definition) is 3. The lowest BCUT2D eigenvalue weighted by Gasteiger charge is -2.34. The van der Waals surface area contributed by atoms with Gasteiger partial charge in [-0.25, -0.2) is 0 Å². The number of hydrogen-bond donors (Lipinski definition) is 0. The molecular weight excluding hydrogens is 270 g/mol. The van der Waals surface area contributed by atoms with E-state index < -0.39 is 0 Å². The fraction of sp³-hybridized carbons (Fsp3) is 0.500. The Morgan fingerprint density at radius 1 is 1.40 bits per heavy atom. The molecule has 0 saturated carbocycles. The minimum atomic E-state index is -0.0385. The van der Waals surface area contributed by atoms with Crippen molar-refractivity contribution in [2.45, 2.75) is 44.3 Å². The third-order valence-electron chi connectivity index (χ3n) is 3.39. The number of nitrogens with zero attached hydrogens (tertiary/aromatic N) is 1. The van der Waals surface area contributed by atoms with E-state index in [0.717, 1.165) is 23.5 Å². The third-order valence-corrected chi connectivity index (χ3v) is 4.79. The maximum atomic E-state index is 12.5. The first-order chi connectivity index (χ1) is 9.43. The molecule has 0 N–H and O–H groups in total. The minimum Gasteiger partial charge on any atom is -0.310 e. The first-order valence-electron chi connectivity index (χ1n) is 7.07. The zero-order valence-electron chi connectivity index (χ0n) is 12.5. The van der Waals surface area contributed by atoms with E-state index in [2.05, 4.69) is 13.8 Å². The van der Waals surface area contributed by atoms with Crippen molar-refractivity contribution in [1.29, 1.82) is 0 Å². The fourth-order valence-corrected chi connectivity index (χ4v) is 3.55. The van der Waals surface area contributed by atoms with E-state index in [1.54, 1.807) is 18.7 Å². The van der Waals surface area contributed by atoms with E-state index in [1.807, 2.05) is 30.0 Å². The monoisotopic (exact) mass is 291 g/mol. The summed E-state index contributed by atoms with van der Waals surface area (Å²) in [4.78, 5) is 27.0. The van der Waals surface area contributed by atoms with Crippen molar-refractivity contribution in [1.82, 2.24) is 0 Å². The second kappa shape index (κ2) is 6.00. The SMILES string of the molecule is CCC1Sc2cc(C(C)=O)ccc2N(CC(C)C)C1=O. The van der Waals surface area contributed by atoms with Gasteiger partial charge in [-0.1, -0.05) is 20.8 Å². The highest BCUT2D eigenvalue weighted by Crippen LogP contribution is 2.41. The summed E-state index contributed by atoms with van der Waals surface area (Å²) in [5, 5.41) is -0.0385. The van der Waals surface area contributed by atoms with Crippen molar-refractivity contribution in [2.75, 3.05) is 11.4 Å². The number of anilines is 1. The topological polar surface area (TPSA) is 37.4 Å². The van der Waals surface area contributed by atoms with Crippen LogP contribution in [0.5, 0.6) is 0 Å². The highest BCUT2D eigenvalue weighted by atomic mass is 32.2. The van der Waals surface area contributed by atoms with Crippen molar-refractivity contribution in [3.63, 3.8) is 0 Å². The lowest BCUT2D eigenvalue weighted by molar-refractivity contribution is -0.118. The quantitative estimate of drug-likeness (QED) is 0.793. The molecule has 0 aromatic heterocycles. The smallest absolute Gasteiger partial charge is 0.240 e. The Morgan fingerprint density at radius 3 is 2.65 bits per heavy atom. The maximum absolute atomic E-state index is 12.5. The molecule has 1 aliphatic rings. The van der Waals surface area contributed by atoms with Gasteiger partial charge in [0.05, 0.1) is 10.9 Å². The van der Waals surface area contributed by atoms with Crippen LogP contribution in [0.3, 0.4) is 0 Å². The van der Waals surface area contributed by atoms with Gasteiger partial charge in [0.2, 0.25) is 5.91 Å². The number of Topliss-reactive ketones (excluding diaryl/α,β-unsaturated/α-hetero) is 1. The zero-order chi connectivity index (χ0) is 14.9. The van der Waals surface area contributed by atoms with E-state index in [4.69, 9.17) is 0 Å². The number of fused-ring (bicyclic) bond motifs is 1. The molecule has 0 saturated heterocycles. The molecule has 1 aromatic carbocycles. The summed E-state index contributed by atoms with van der Waals surface area (Å²) in [6.07, 6.45) is 0.807. The Bertz CT molecular complexity index is 539. The van der Waals surface area contributed by atoms with Crippen molar-refractivity contribution in [3.05, 3.63) is 23.8 Å². The lowest BCUT2D eigenvalue weighted by Crippen LogP contribution is -2.42. The van der Waals surface area contributed by atoms with Crippen molar-refractivity contribution < 1.29 is 9.59 Å². The average molecular weight is 291 g/mol. The third kappa shape index (κ3) is 2.90. The molecule has 4 heteroatoms. The highest BCUT2D eigenvalue weighted by molar-refractivity contribution is 8.01. The number of rotatable bonds is 4. The largest absolute Gasteiger partial charge is 0.310 e. The summed E-state index contributed by atoms with van der Waals surface area (Å²) < 4.78 is 0. The molecule has 20 heavy (non-hydrogen) atoms. The number of thioether (sulfide) groups is 1. The molecule has 1 atom stereocenters. The zero-order valence-corrected chi connectivity index (χ0v) is 13.3. The van der Waals surface area contributed by atoms with Gasteiger partial charge in [0.1, 0.15) is 0 Å². The van der Waals surface area contributed by atoms with Gasteiger partial charge in [-0.2, -0.15) is 0 Å². The normalized spacial score (nSPS) is 18.4. The molecule has 1 unspecified atom stereocenters. The summed E-state index contributed by atoms with van der Waals surface area (Å²) in [7, 11) is 0. The van der Waals surface area contributed by atoms with Crippen LogP contribution in [0, 0.1) is 5.92 Å². The lowest BCUT2D eigenvalue weighted by atomic mass is 10.1. The minimum absolute atomic E-state index is 0.0385. The number of benzene rings is 1. The van der Waals surface area contributed by atoms with Gasteiger partial charge in [-0.05, 0) is 37.5 Å². The second-order valence-electron chi connectivity index (χ2n) is 5.60. The van der Waals surface area contributed by atoms with Crippen LogP contribution in [0.15, 0.2) is 23.1 Å². The van der Waals surface area contributed by atoms with Crippen LogP contribution in [0.25, 0.3) is 0 Å². The molecule has 3 nitrogen and oxygen atoms in total. The molecule has 0 spiro atoms. The summed E-state index contributed by atoms with van der Waals surface area (Å²) in [5.41, 5.74) is 1.66. The van der Waals surface area contributed by atoms with Gasteiger partial charge in [-0.3, -0.25) is 9.59 Å². The van der Waals surface area contributed by atoms with Crippen LogP contribution in [-0.2, 0) is 4.79 Å². The van der Waals surface area contributed by atoms with Crippen LogP contribution < -0.4 is 4.90 Å². The number of carbonyl (C=O) groups excluding carboxylic acids is 2. The molecular formula is C16H21NO2S. The highest BCUT2D eigenvalue weighted by Gasteiger charge is 2.32. The molecule has 0 bridgehead atoms. The molecule has 108 valence electrons. The van der Waals surface area contributed by atoms with E-state index >= 15 is 0 Å². The Labute approximate surface area is 124 Å². The van der Waals surface area contributed by atoms with Crippen LogP contribution in [-0.4, -0.2) is 23.5 Å². The van der Waals surface area contributed by atoms with Gasteiger partial charge in [0, 0.05) is 17.0 Å². The van der Waals surface area contributed by atoms with E-state index in [1.165, 1.54) is 0 Å². The standard InChI is InChI=1S/C16H21NO2S/c1-5-14-16(19)17(9-10(2)3)13-7-6-12(11(4)18)8-15(13)20-14/h6-8,10,14H,5,9H2,1-4H3. The van der Waals surface area contributed by atoms with Crippen molar-refractivity contribution >= 4 is 29.1 Å². The predicted octanol–water partition coefficient (Wildman–Crippen LogP) is 3.76. The number of ketones is 1. The number of carbonyl (C=O) groups is 2. The van der Waals surface area contributed by atoms with Crippen LogP contribution >= 0.6 is 11.8 Å². The Kier molecular flexibility index (Phi) is 4.53. The molecule has 2 rings (SSSR count). The van der Waals surface area contributed by atoms with Crippen LogP contribution in [0.1, 0.15) is 44.5 Å². The summed E-state index contributed by atoms with van der Waals surface area (Å²) in [6, 6.07) is 5.64. The van der Waals surface area contributed by atoms with Crippen LogP contribution in [0.4, 0.5) is 5.69 Å². The van der Waals surface area contributed by atoms with Crippen LogP contribution in [0.2, 0.25) is 0 Å². The fourth-order valence-electron chi connectivity index (χ4n) is 2.36. The summed E-state index contributed by atoms with van der Waals surface area (Å²) in [6.45, 7) is 8.55. The Balaban J connectivity index is 2.45. The van der Waals surface area contributed by atoms with Gasteiger partial charge >= 0.3 is 0 Å². The average Bonchev–Trinajstić information content (AvgIpc) is 2.40. The first-order valence-corrected chi connectivity index (χ1v) is 7.95. The van der Waals surface area contributed by atoms with E-state index in [9.17, 15) is 9.59 Å². The molecule has 1 heterocycles. The molecule has 0 radical (unpaired) electrons. The molecule has 1 amide bonds. The van der Waals surface area contributed by atoms with Crippen molar-refractivity contribution in [2.24, 2.45) is 5.92 Å². The van der Waals surface area contributed by atoms with Crippen molar-refractivity contribution in [3.8, 4) is 0 Å². The molecule has 1 aromatic rings. The number of amides is 1. The van der Waals surface area contributed by atoms with Gasteiger partial charge in [0.15, 0.2) is 5.78 Å². The van der Waals surface area contributed by atoms with Gasteiger partial charge in [0.25, 0.3) is 0 Å². The maximum Gasteiger partial charge on any atom is 0.240 e.